The van der Waals surface area contributed by atoms with Crippen molar-refractivity contribution in [1.29, 1.82) is 0 Å². The number of rotatable bonds is 8. The molecule has 18 heavy (non-hydrogen) atoms. The van der Waals surface area contributed by atoms with Crippen LogP contribution < -0.4 is 5.32 Å². The number of hydrogen-bond acceptors (Lipinski definition) is 3. The standard InChI is InChI=1S/C15H32N2O/c1-5-14(6-2)16-12-15(11-13(3)4)17-7-9-18-10-8-17/h13-16H,5-12H2,1-4H3. The van der Waals surface area contributed by atoms with Crippen LogP contribution in [0.1, 0.15) is 47.0 Å². The molecule has 0 saturated carbocycles. The van der Waals surface area contributed by atoms with Crippen LogP contribution in [0.15, 0.2) is 0 Å². The van der Waals surface area contributed by atoms with E-state index < -0.39 is 0 Å². The van der Waals surface area contributed by atoms with Gasteiger partial charge in [-0.25, -0.2) is 0 Å². The van der Waals surface area contributed by atoms with Crippen molar-refractivity contribution in [3.63, 3.8) is 0 Å². The molecule has 0 spiro atoms. The van der Waals surface area contributed by atoms with E-state index in [9.17, 15) is 0 Å². The Morgan fingerprint density at radius 3 is 2.22 bits per heavy atom. The normalized spacial score (nSPS) is 19.7. The first-order valence-corrected chi connectivity index (χ1v) is 7.72. The Kier molecular flexibility index (Phi) is 7.87. The van der Waals surface area contributed by atoms with Gasteiger partial charge in [-0.05, 0) is 25.2 Å². The second-order valence-electron chi connectivity index (χ2n) is 5.85. The third-order valence-electron chi connectivity index (χ3n) is 3.93. The van der Waals surface area contributed by atoms with Crippen molar-refractivity contribution in [3.8, 4) is 0 Å². The van der Waals surface area contributed by atoms with E-state index in [-0.39, 0.29) is 0 Å². The molecule has 108 valence electrons. The Morgan fingerprint density at radius 2 is 1.72 bits per heavy atom. The minimum absolute atomic E-state index is 0.675. The molecule has 1 fully saturated rings. The van der Waals surface area contributed by atoms with Crippen molar-refractivity contribution >= 4 is 0 Å². The van der Waals surface area contributed by atoms with E-state index in [1.54, 1.807) is 0 Å². The summed E-state index contributed by atoms with van der Waals surface area (Å²) in [5, 5.41) is 3.74. The van der Waals surface area contributed by atoms with Crippen LogP contribution >= 0.6 is 0 Å². The second-order valence-corrected chi connectivity index (χ2v) is 5.85. The van der Waals surface area contributed by atoms with Crippen LogP contribution in [-0.2, 0) is 4.74 Å². The molecule has 0 aromatic heterocycles. The van der Waals surface area contributed by atoms with Gasteiger partial charge in [-0.15, -0.1) is 0 Å². The summed E-state index contributed by atoms with van der Waals surface area (Å²) in [6.45, 7) is 14.3. The molecule has 1 unspecified atom stereocenters. The van der Waals surface area contributed by atoms with Crippen LogP contribution in [-0.4, -0.2) is 49.8 Å². The molecule has 0 aromatic rings. The highest BCUT2D eigenvalue weighted by Gasteiger charge is 2.22. The molecular weight excluding hydrogens is 224 g/mol. The van der Waals surface area contributed by atoms with Gasteiger partial charge in [0.25, 0.3) is 0 Å². The largest absolute Gasteiger partial charge is 0.379 e. The topological polar surface area (TPSA) is 24.5 Å². The lowest BCUT2D eigenvalue weighted by molar-refractivity contribution is 0.0117. The van der Waals surface area contributed by atoms with Crippen molar-refractivity contribution in [2.24, 2.45) is 5.92 Å². The highest BCUT2D eigenvalue weighted by molar-refractivity contribution is 4.79. The zero-order chi connectivity index (χ0) is 13.4. The Labute approximate surface area is 113 Å². The van der Waals surface area contributed by atoms with E-state index in [1.165, 1.54) is 19.3 Å². The van der Waals surface area contributed by atoms with Crippen molar-refractivity contribution in [1.82, 2.24) is 10.2 Å². The quantitative estimate of drug-likeness (QED) is 0.722. The number of nitrogens with one attached hydrogen (secondary N) is 1. The maximum absolute atomic E-state index is 5.46. The fraction of sp³-hybridized carbons (Fsp3) is 1.00. The van der Waals surface area contributed by atoms with Crippen LogP contribution in [0.2, 0.25) is 0 Å². The Hall–Kier alpha value is -0.120. The molecule has 1 rings (SSSR count). The van der Waals surface area contributed by atoms with E-state index in [2.05, 4.69) is 37.9 Å². The van der Waals surface area contributed by atoms with Gasteiger partial charge >= 0.3 is 0 Å². The fourth-order valence-corrected chi connectivity index (χ4v) is 2.73. The molecule has 3 nitrogen and oxygen atoms in total. The van der Waals surface area contributed by atoms with Gasteiger partial charge in [0.1, 0.15) is 0 Å². The predicted molar refractivity (Wildman–Crippen MR) is 78.0 cm³/mol. The van der Waals surface area contributed by atoms with Crippen molar-refractivity contribution < 1.29 is 4.74 Å². The Balaban J connectivity index is 2.43. The summed E-state index contributed by atoms with van der Waals surface area (Å²) in [6, 6.07) is 1.36. The molecular formula is C15H32N2O. The minimum Gasteiger partial charge on any atom is -0.379 e. The number of ether oxygens (including phenoxy) is 1. The van der Waals surface area contributed by atoms with Gasteiger partial charge in [0.05, 0.1) is 13.2 Å². The van der Waals surface area contributed by atoms with Crippen LogP contribution in [0, 0.1) is 5.92 Å². The molecule has 0 amide bonds. The fourth-order valence-electron chi connectivity index (χ4n) is 2.73. The van der Waals surface area contributed by atoms with Crippen LogP contribution in [0.4, 0.5) is 0 Å². The average Bonchev–Trinajstić information content (AvgIpc) is 2.39. The molecule has 1 N–H and O–H groups in total. The summed E-state index contributed by atoms with van der Waals surface area (Å²) in [5.74, 6) is 0.765. The average molecular weight is 256 g/mol. The monoisotopic (exact) mass is 256 g/mol. The van der Waals surface area contributed by atoms with Crippen molar-refractivity contribution in [3.05, 3.63) is 0 Å². The van der Waals surface area contributed by atoms with Crippen molar-refractivity contribution in [2.45, 2.75) is 59.0 Å². The van der Waals surface area contributed by atoms with Gasteiger partial charge in [-0.2, -0.15) is 0 Å². The number of morpholine rings is 1. The maximum Gasteiger partial charge on any atom is 0.0594 e. The highest BCUT2D eigenvalue weighted by Crippen LogP contribution is 2.13. The Bertz CT molecular complexity index is 199. The molecule has 1 atom stereocenters. The van der Waals surface area contributed by atoms with Gasteiger partial charge in [0.15, 0.2) is 0 Å². The number of hydrogen-bond donors (Lipinski definition) is 1. The third-order valence-corrected chi connectivity index (χ3v) is 3.93. The first-order chi connectivity index (χ1) is 8.67. The molecule has 3 heteroatoms. The molecule has 0 aliphatic carbocycles. The van der Waals surface area contributed by atoms with E-state index in [4.69, 9.17) is 4.74 Å². The zero-order valence-corrected chi connectivity index (χ0v) is 12.7. The van der Waals surface area contributed by atoms with Gasteiger partial charge in [0.2, 0.25) is 0 Å². The van der Waals surface area contributed by atoms with Gasteiger partial charge in [-0.3, -0.25) is 4.90 Å². The molecule has 0 radical (unpaired) electrons. The SMILES string of the molecule is CCC(CC)NCC(CC(C)C)N1CCOCC1. The van der Waals surface area contributed by atoms with E-state index in [0.29, 0.717) is 12.1 Å². The first-order valence-electron chi connectivity index (χ1n) is 7.72. The molecule has 1 aliphatic rings. The van der Waals surface area contributed by atoms with Gasteiger partial charge in [0, 0.05) is 31.7 Å². The summed E-state index contributed by atoms with van der Waals surface area (Å²) in [7, 11) is 0. The first kappa shape index (κ1) is 15.9. The van der Waals surface area contributed by atoms with Crippen LogP contribution in [0.3, 0.4) is 0 Å². The summed E-state index contributed by atoms with van der Waals surface area (Å²) in [6.07, 6.45) is 3.75. The minimum atomic E-state index is 0.675. The number of nitrogens with zero attached hydrogens (tertiary/aromatic N) is 1. The summed E-state index contributed by atoms with van der Waals surface area (Å²) in [4.78, 5) is 2.61. The summed E-state index contributed by atoms with van der Waals surface area (Å²) < 4.78 is 5.46. The van der Waals surface area contributed by atoms with E-state index in [0.717, 1.165) is 38.8 Å². The van der Waals surface area contributed by atoms with E-state index in [1.807, 2.05) is 0 Å². The predicted octanol–water partition coefficient (Wildman–Crippen LogP) is 2.51. The van der Waals surface area contributed by atoms with Crippen LogP contribution in [0.5, 0.6) is 0 Å². The summed E-state index contributed by atoms with van der Waals surface area (Å²) >= 11 is 0. The van der Waals surface area contributed by atoms with Gasteiger partial charge < -0.3 is 10.1 Å². The smallest absolute Gasteiger partial charge is 0.0594 e. The van der Waals surface area contributed by atoms with Crippen molar-refractivity contribution in [2.75, 3.05) is 32.8 Å². The second kappa shape index (κ2) is 8.89. The lowest BCUT2D eigenvalue weighted by atomic mass is 10.0. The maximum atomic E-state index is 5.46. The molecule has 1 aliphatic heterocycles. The zero-order valence-electron chi connectivity index (χ0n) is 12.7. The van der Waals surface area contributed by atoms with Gasteiger partial charge in [-0.1, -0.05) is 27.7 Å². The molecule has 0 aromatic carbocycles. The Morgan fingerprint density at radius 1 is 1.11 bits per heavy atom. The molecule has 1 heterocycles. The summed E-state index contributed by atoms with van der Waals surface area (Å²) in [5.41, 5.74) is 0. The third kappa shape index (κ3) is 5.68. The molecule has 1 saturated heterocycles. The van der Waals surface area contributed by atoms with Crippen LogP contribution in [0.25, 0.3) is 0 Å². The van der Waals surface area contributed by atoms with E-state index >= 15 is 0 Å². The lowest BCUT2D eigenvalue weighted by Crippen LogP contribution is -2.49. The highest BCUT2D eigenvalue weighted by atomic mass is 16.5. The molecule has 0 bridgehead atoms. The lowest BCUT2D eigenvalue weighted by Gasteiger charge is -2.36.